The highest BCUT2D eigenvalue weighted by Gasteiger charge is 2.19. The first-order chi connectivity index (χ1) is 10.7. The standard InChI is InChI=1S/C19H23NO2/c1-2-16(17-11-7-4-8-12-17)14-20-18(19(21)22)13-15-9-5-3-6-10-15/h3-12,16,18,20H,2,13-14H2,1H3,(H,21,22)/t16?,18-/m1/s1. The Kier molecular flexibility index (Phi) is 6.16. The minimum atomic E-state index is -0.799. The number of carboxylic acids is 1. The van der Waals surface area contributed by atoms with Gasteiger partial charge in [0.05, 0.1) is 0 Å². The fourth-order valence-electron chi connectivity index (χ4n) is 2.60. The molecule has 0 heterocycles. The van der Waals surface area contributed by atoms with Gasteiger partial charge < -0.3 is 10.4 Å². The highest BCUT2D eigenvalue weighted by atomic mass is 16.4. The Morgan fingerprint density at radius 1 is 1.05 bits per heavy atom. The molecule has 22 heavy (non-hydrogen) atoms. The SMILES string of the molecule is CCC(CN[C@H](Cc1ccccc1)C(=O)O)c1ccccc1. The second-order valence-electron chi connectivity index (χ2n) is 5.50. The van der Waals surface area contributed by atoms with Gasteiger partial charge in [0.15, 0.2) is 0 Å². The quantitative estimate of drug-likeness (QED) is 0.784. The third-order valence-electron chi connectivity index (χ3n) is 3.96. The maximum atomic E-state index is 11.5. The summed E-state index contributed by atoms with van der Waals surface area (Å²) >= 11 is 0. The van der Waals surface area contributed by atoms with Crippen molar-refractivity contribution in [3.8, 4) is 0 Å². The topological polar surface area (TPSA) is 49.3 Å². The van der Waals surface area contributed by atoms with Gasteiger partial charge >= 0.3 is 5.97 Å². The molecule has 2 aromatic rings. The van der Waals surface area contributed by atoms with Gasteiger partial charge in [0.25, 0.3) is 0 Å². The molecule has 0 aliphatic carbocycles. The lowest BCUT2D eigenvalue weighted by molar-refractivity contribution is -0.139. The summed E-state index contributed by atoms with van der Waals surface area (Å²) in [6.07, 6.45) is 1.48. The van der Waals surface area contributed by atoms with E-state index in [1.807, 2.05) is 48.5 Å². The van der Waals surface area contributed by atoms with Crippen LogP contribution in [0.15, 0.2) is 60.7 Å². The molecular formula is C19H23NO2. The van der Waals surface area contributed by atoms with Gasteiger partial charge in [-0.1, -0.05) is 67.6 Å². The van der Waals surface area contributed by atoms with Crippen molar-refractivity contribution in [2.75, 3.05) is 6.54 Å². The van der Waals surface area contributed by atoms with E-state index >= 15 is 0 Å². The highest BCUT2D eigenvalue weighted by Crippen LogP contribution is 2.18. The van der Waals surface area contributed by atoms with E-state index in [9.17, 15) is 9.90 Å². The van der Waals surface area contributed by atoms with Crippen LogP contribution in [0, 0.1) is 0 Å². The van der Waals surface area contributed by atoms with Crippen LogP contribution in [0.5, 0.6) is 0 Å². The van der Waals surface area contributed by atoms with Crippen LogP contribution >= 0.6 is 0 Å². The molecule has 0 saturated carbocycles. The largest absolute Gasteiger partial charge is 0.480 e. The monoisotopic (exact) mass is 297 g/mol. The van der Waals surface area contributed by atoms with Crippen LogP contribution in [-0.4, -0.2) is 23.7 Å². The Labute approximate surface area is 132 Å². The maximum Gasteiger partial charge on any atom is 0.321 e. The molecule has 0 amide bonds. The Morgan fingerprint density at radius 3 is 2.18 bits per heavy atom. The second-order valence-corrected chi connectivity index (χ2v) is 5.50. The molecular weight excluding hydrogens is 274 g/mol. The van der Waals surface area contributed by atoms with Crippen LogP contribution in [0.25, 0.3) is 0 Å². The molecule has 0 aromatic heterocycles. The first-order valence-corrected chi connectivity index (χ1v) is 7.75. The number of benzene rings is 2. The van der Waals surface area contributed by atoms with Crippen LogP contribution in [-0.2, 0) is 11.2 Å². The fraction of sp³-hybridized carbons (Fsp3) is 0.316. The summed E-state index contributed by atoms with van der Waals surface area (Å²) in [5.41, 5.74) is 2.29. The van der Waals surface area contributed by atoms with Crippen LogP contribution < -0.4 is 5.32 Å². The third-order valence-corrected chi connectivity index (χ3v) is 3.96. The summed E-state index contributed by atoms with van der Waals surface area (Å²) in [5.74, 6) is -0.467. The summed E-state index contributed by atoms with van der Waals surface area (Å²) in [4.78, 5) is 11.5. The first kappa shape index (κ1) is 16.2. The minimum absolute atomic E-state index is 0.332. The van der Waals surface area contributed by atoms with E-state index in [0.29, 0.717) is 18.9 Å². The van der Waals surface area contributed by atoms with Gasteiger partial charge in [-0.25, -0.2) is 0 Å². The third kappa shape index (κ3) is 4.71. The minimum Gasteiger partial charge on any atom is -0.480 e. The fourth-order valence-corrected chi connectivity index (χ4v) is 2.60. The summed E-state index contributed by atoms with van der Waals surface area (Å²) in [6, 6.07) is 19.4. The molecule has 0 fully saturated rings. The van der Waals surface area contributed by atoms with Crippen molar-refractivity contribution in [3.63, 3.8) is 0 Å². The summed E-state index contributed by atoms with van der Waals surface area (Å²) < 4.78 is 0. The summed E-state index contributed by atoms with van der Waals surface area (Å²) in [5, 5.41) is 12.6. The van der Waals surface area contributed by atoms with E-state index in [4.69, 9.17) is 0 Å². The molecule has 3 heteroatoms. The van der Waals surface area contributed by atoms with Gasteiger partial charge in [-0.15, -0.1) is 0 Å². The second kappa shape index (κ2) is 8.35. The Hall–Kier alpha value is -2.13. The van der Waals surface area contributed by atoms with Gasteiger partial charge in [-0.2, -0.15) is 0 Å². The average molecular weight is 297 g/mol. The Morgan fingerprint density at radius 2 is 1.64 bits per heavy atom. The van der Waals surface area contributed by atoms with Gasteiger partial charge in [0.1, 0.15) is 6.04 Å². The molecule has 2 aromatic carbocycles. The molecule has 0 spiro atoms. The molecule has 0 saturated heterocycles. The average Bonchev–Trinajstić information content (AvgIpc) is 2.56. The normalized spacial score (nSPS) is 13.5. The van der Waals surface area contributed by atoms with E-state index in [2.05, 4.69) is 24.4 Å². The van der Waals surface area contributed by atoms with E-state index in [1.165, 1.54) is 5.56 Å². The van der Waals surface area contributed by atoms with Crippen LogP contribution in [0.2, 0.25) is 0 Å². The molecule has 2 atom stereocenters. The lowest BCUT2D eigenvalue weighted by Crippen LogP contribution is -2.40. The van der Waals surface area contributed by atoms with E-state index in [-0.39, 0.29) is 0 Å². The molecule has 2 rings (SSSR count). The van der Waals surface area contributed by atoms with Gasteiger partial charge in [-0.05, 0) is 29.9 Å². The lowest BCUT2D eigenvalue weighted by Gasteiger charge is -2.20. The number of carbonyl (C=O) groups is 1. The van der Waals surface area contributed by atoms with Crippen LogP contribution in [0.1, 0.15) is 30.4 Å². The van der Waals surface area contributed by atoms with Crippen molar-refractivity contribution >= 4 is 5.97 Å². The lowest BCUT2D eigenvalue weighted by atomic mass is 9.96. The zero-order chi connectivity index (χ0) is 15.8. The van der Waals surface area contributed by atoms with Crippen LogP contribution in [0.4, 0.5) is 0 Å². The molecule has 0 radical (unpaired) electrons. The summed E-state index contributed by atoms with van der Waals surface area (Å²) in [6.45, 7) is 2.80. The van der Waals surface area contributed by atoms with Crippen molar-refractivity contribution in [2.45, 2.75) is 31.7 Å². The van der Waals surface area contributed by atoms with E-state index in [0.717, 1.165) is 12.0 Å². The zero-order valence-electron chi connectivity index (χ0n) is 12.9. The maximum absolute atomic E-state index is 11.5. The van der Waals surface area contributed by atoms with Crippen molar-refractivity contribution in [1.82, 2.24) is 5.32 Å². The predicted molar refractivity (Wildman–Crippen MR) is 89.0 cm³/mol. The number of rotatable bonds is 8. The Balaban J connectivity index is 1.98. The molecule has 0 aliphatic heterocycles. The first-order valence-electron chi connectivity index (χ1n) is 7.75. The predicted octanol–water partition coefficient (Wildman–Crippen LogP) is 3.47. The van der Waals surface area contributed by atoms with Gasteiger partial charge in [-0.3, -0.25) is 4.79 Å². The van der Waals surface area contributed by atoms with Crippen molar-refractivity contribution < 1.29 is 9.90 Å². The number of hydrogen-bond acceptors (Lipinski definition) is 2. The van der Waals surface area contributed by atoms with Crippen molar-refractivity contribution in [2.24, 2.45) is 0 Å². The van der Waals surface area contributed by atoms with Crippen molar-refractivity contribution in [1.29, 1.82) is 0 Å². The Bertz CT molecular complexity index is 569. The number of aliphatic carboxylic acids is 1. The van der Waals surface area contributed by atoms with Gasteiger partial charge in [0.2, 0.25) is 0 Å². The smallest absolute Gasteiger partial charge is 0.321 e. The highest BCUT2D eigenvalue weighted by molar-refractivity contribution is 5.73. The molecule has 3 nitrogen and oxygen atoms in total. The number of nitrogens with one attached hydrogen (secondary N) is 1. The number of carboxylic acid groups (broad SMARTS) is 1. The number of hydrogen-bond donors (Lipinski definition) is 2. The molecule has 116 valence electrons. The summed E-state index contributed by atoms with van der Waals surface area (Å²) in [7, 11) is 0. The molecule has 1 unspecified atom stereocenters. The van der Waals surface area contributed by atoms with Gasteiger partial charge in [0, 0.05) is 6.54 Å². The molecule has 0 aliphatic rings. The molecule has 2 N–H and O–H groups in total. The van der Waals surface area contributed by atoms with E-state index < -0.39 is 12.0 Å². The molecule has 0 bridgehead atoms. The van der Waals surface area contributed by atoms with Crippen molar-refractivity contribution in [3.05, 3.63) is 71.8 Å². The van der Waals surface area contributed by atoms with Crippen LogP contribution in [0.3, 0.4) is 0 Å². The zero-order valence-corrected chi connectivity index (χ0v) is 12.9. The van der Waals surface area contributed by atoms with E-state index in [1.54, 1.807) is 0 Å².